The van der Waals surface area contributed by atoms with Crippen molar-refractivity contribution in [2.45, 2.75) is 511 Å². The molecule has 2 heterocycles. The van der Waals surface area contributed by atoms with Crippen molar-refractivity contribution in [3.05, 3.63) is 12.2 Å². The molecule has 0 aromatic heterocycles. The van der Waals surface area contributed by atoms with E-state index in [9.17, 15) is 74.6 Å². The van der Waals surface area contributed by atoms with Crippen molar-refractivity contribution in [1.29, 1.82) is 0 Å². The summed E-state index contributed by atoms with van der Waals surface area (Å²) in [6.45, 7) is 7.92. The lowest BCUT2D eigenvalue weighted by atomic mass is 9.84. The summed E-state index contributed by atoms with van der Waals surface area (Å²) in [7, 11) is -5.81. The number of phosphoric ester groups is 1. The van der Waals surface area contributed by atoms with E-state index in [1.807, 2.05) is 0 Å². The molecule has 0 aromatic carbocycles. The van der Waals surface area contributed by atoms with Gasteiger partial charge >= 0.3 is 31.7 Å². The first kappa shape index (κ1) is 108. The number of esters is 4. The van der Waals surface area contributed by atoms with Gasteiger partial charge in [0.1, 0.15) is 92.6 Å². The summed E-state index contributed by atoms with van der Waals surface area (Å²) in [4.78, 5) is 66.5. The number of allylic oxidation sites excluding steroid dienone is 2. The molecule has 19 atom stereocenters. The minimum absolute atomic E-state index is 0.00472. The predicted molar refractivity (Wildman–Crippen MR) is 453 cm³/mol. The average Bonchev–Trinajstić information content (AvgIpc) is 0.753. The molecule has 0 radical (unpaired) electrons. The predicted octanol–water partition coefficient (Wildman–Crippen LogP) is 17.4. The van der Waals surface area contributed by atoms with Crippen LogP contribution in [0.4, 0.5) is 0 Å². The van der Waals surface area contributed by atoms with Crippen LogP contribution in [0.3, 0.4) is 0 Å². The number of aliphatic hydroxyl groups is 9. The van der Waals surface area contributed by atoms with Gasteiger partial charge in [-0.25, -0.2) is 4.57 Å². The van der Waals surface area contributed by atoms with E-state index in [-0.39, 0.29) is 25.7 Å². The van der Waals surface area contributed by atoms with Gasteiger partial charge in [-0.15, -0.1) is 0 Å². The topological polar surface area (TPSA) is 380 Å². The Labute approximate surface area is 705 Å². The highest BCUT2D eigenvalue weighted by Crippen LogP contribution is 2.49. The average molecular weight is 1690 g/mol. The largest absolute Gasteiger partial charge is 0.472 e. The van der Waals surface area contributed by atoms with E-state index in [0.29, 0.717) is 44.4 Å². The van der Waals surface area contributed by atoms with E-state index < -0.39 is 162 Å². The molecule has 10 N–H and O–H groups in total. The Balaban J connectivity index is 1.92. The maximum atomic E-state index is 14.9. The molecule has 0 bridgehead atoms. The van der Waals surface area contributed by atoms with E-state index in [4.69, 9.17) is 46.9 Å². The molecule has 26 heteroatoms. The smallest absolute Gasteiger partial charge is 0.463 e. The molecular weight excluding hydrogens is 1520 g/mol. The standard InChI is InChI=1S/C91H169O25P/c1-6-10-14-18-22-25-28-31-32-33-36-38-40-43-50-56-62-74(93)107-67-71(110-76(95)64-58-53-47-46-49-55-61-70(5)60-54-48-21-17-13-9-4)68-109-117(105,106)116-89-87(114-90-84(103)80(99)78(97)72(66-92)111-90)83(102)82(101)86(113-77(96)65-59-52-45-42-39-35-30-27-24-20-16-12-8-3)88(89)115-91-85(104)81(100)79(98)73(112-91)69-108-75(94)63-57-51-44-41-37-34-29-26-23-19-15-11-7-2/h34,37,70-73,78-92,97-104H,6-33,35-36,38-69H2,1-5H3,(H,105,106)/b37-34-. The van der Waals surface area contributed by atoms with Gasteiger partial charge in [0.25, 0.3) is 0 Å². The maximum Gasteiger partial charge on any atom is 0.472 e. The maximum absolute atomic E-state index is 14.9. The van der Waals surface area contributed by atoms with Gasteiger partial charge in [-0.1, -0.05) is 342 Å². The number of hydrogen-bond donors (Lipinski definition) is 10. The molecule has 0 spiro atoms. The summed E-state index contributed by atoms with van der Waals surface area (Å²) in [6.07, 6.45) is 26.4. The van der Waals surface area contributed by atoms with Crippen molar-refractivity contribution in [3.8, 4) is 0 Å². The Bertz CT molecular complexity index is 2500. The fraction of sp³-hybridized carbons (Fsp3) is 0.934. The van der Waals surface area contributed by atoms with Crippen molar-refractivity contribution in [3.63, 3.8) is 0 Å². The molecular formula is C91H169O25P. The van der Waals surface area contributed by atoms with Crippen LogP contribution in [-0.4, -0.2) is 205 Å². The van der Waals surface area contributed by atoms with E-state index >= 15 is 0 Å². The number of phosphoric acid groups is 1. The number of unbranched alkanes of at least 4 members (excludes halogenated alkanes) is 46. The summed E-state index contributed by atoms with van der Waals surface area (Å²) in [5.74, 6) is -2.30. The minimum atomic E-state index is -5.81. The van der Waals surface area contributed by atoms with Crippen LogP contribution < -0.4 is 0 Å². The number of carbonyl (C=O) groups is 4. The summed E-state index contributed by atoms with van der Waals surface area (Å²) in [5, 5.41) is 102. The first-order chi connectivity index (χ1) is 56.6. The third-order valence-electron chi connectivity index (χ3n) is 23.4. The first-order valence-electron chi connectivity index (χ1n) is 47.3. The molecule has 0 amide bonds. The second-order valence-corrected chi connectivity index (χ2v) is 35.6. The van der Waals surface area contributed by atoms with E-state index in [1.54, 1.807) is 0 Å². The van der Waals surface area contributed by atoms with Crippen molar-refractivity contribution in [1.82, 2.24) is 0 Å². The van der Waals surface area contributed by atoms with Crippen LogP contribution in [0, 0.1) is 5.92 Å². The van der Waals surface area contributed by atoms with Crippen LogP contribution in [0.15, 0.2) is 12.2 Å². The number of carbonyl (C=O) groups excluding carboxylic acids is 4. The quantitative estimate of drug-likeness (QED) is 0.00889. The highest BCUT2D eigenvalue weighted by molar-refractivity contribution is 7.47. The molecule has 1 saturated carbocycles. The van der Waals surface area contributed by atoms with Crippen LogP contribution in [0.1, 0.15) is 407 Å². The van der Waals surface area contributed by atoms with Gasteiger partial charge in [-0.05, 0) is 57.3 Å². The number of rotatable bonds is 76. The van der Waals surface area contributed by atoms with Gasteiger partial charge in [-0.2, -0.15) is 0 Å². The number of aliphatic hydroxyl groups excluding tert-OH is 9. The zero-order valence-electron chi connectivity index (χ0n) is 73.4. The Morgan fingerprint density at radius 2 is 0.692 bits per heavy atom. The van der Waals surface area contributed by atoms with Crippen molar-refractivity contribution < 1.29 is 122 Å². The molecule has 25 nitrogen and oxygen atoms in total. The third-order valence-corrected chi connectivity index (χ3v) is 24.4. The summed E-state index contributed by atoms with van der Waals surface area (Å²) in [6, 6.07) is 0. The van der Waals surface area contributed by atoms with Crippen LogP contribution in [0.2, 0.25) is 0 Å². The van der Waals surface area contributed by atoms with Gasteiger partial charge in [0.15, 0.2) is 24.8 Å². The summed E-state index contributed by atoms with van der Waals surface area (Å²) < 4.78 is 73.5. The normalized spacial score (nSPS) is 25.3. The Hall–Kier alpha value is -2.79. The van der Waals surface area contributed by atoms with Crippen LogP contribution in [0.25, 0.3) is 0 Å². The molecule has 19 unspecified atom stereocenters. The number of ether oxygens (including phenoxy) is 8. The third kappa shape index (κ3) is 50.1. The van der Waals surface area contributed by atoms with Crippen molar-refractivity contribution >= 4 is 31.7 Å². The van der Waals surface area contributed by atoms with E-state index in [0.717, 1.165) is 122 Å². The molecule has 2 aliphatic heterocycles. The molecule has 0 aromatic rings. The van der Waals surface area contributed by atoms with Crippen LogP contribution >= 0.6 is 7.82 Å². The van der Waals surface area contributed by atoms with Gasteiger partial charge in [-0.3, -0.25) is 28.2 Å². The second kappa shape index (κ2) is 69.5. The van der Waals surface area contributed by atoms with Crippen LogP contribution in [-0.2, 0) is 70.7 Å². The van der Waals surface area contributed by atoms with E-state index in [1.165, 1.54) is 186 Å². The fourth-order valence-electron chi connectivity index (χ4n) is 15.8. The first-order valence-corrected chi connectivity index (χ1v) is 48.8. The molecule has 3 fully saturated rings. The fourth-order valence-corrected chi connectivity index (χ4v) is 16.8. The zero-order chi connectivity index (χ0) is 85.5. The van der Waals surface area contributed by atoms with Gasteiger partial charge in [0.05, 0.1) is 13.2 Å². The van der Waals surface area contributed by atoms with Gasteiger partial charge in [0, 0.05) is 25.7 Å². The molecule has 688 valence electrons. The lowest BCUT2D eigenvalue weighted by Gasteiger charge is -2.50. The summed E-state index contributed by atoms with van der Waals surface area (Å²) in [5.41, 5.74) is 0. The highest BCUT2D eigenvalue weighted by Gasteiger charge is 2.60. The van der Waals surface area contributed by atoms with Gasteiger partial charge < -0.3 is 88.7 Å². The lowest BCUT2D eigenvalue weighted by molar-refractivity contribution is -0.360. The number of hydrogen-bond acceptors (Lipinski definition) is 24. The Morgan fingerprint density at radius 1 is 0.359 bits per heavy atom. The Morgan fingerprint density at radius 3 is 1.11 bits per heavy atom. The SMILES string of the molecule is CCCCCCCC/C=C\CCCCCC(=O)OCC1OC(OC2C(OC(=O)CCCCCCCCCCCCCCC)C(O)C(O)C(OC3OC(CO)C(O)C(O)C3O)C2OP(=O)(O)OCC(COC(=O)CCCCCCCCCCCCCCCCCC)OC(=O)CCCCCCCCC(C)CCCCCCCC)C(O)C(O)C1O. The van der Waals surface area contributed by atoms with Crippen molar-refractivity contribution in [2.24, 2.45) is 5.92 Å². The lowest BCUT2D eigenvalue weighted by Crippen LogP contribution is -2.70. The molecule has 117 heavy (non-hydrogen) atoms. The monoisotopic (exact) mass is 1690 g/mol. The summed E-state index contributed by atoms with van der Waals surface area (Å²) >= 11 is 0. The molecule has 3 aliphatic rings. The van der Waals surface area contributed by atoms with E-state index in [2.05, 4.69) is 46.8 Å². The van der Waals surface area contributed by atoms with Crippen LogP contribution in [0.5, 0.6) is 0 Å². The molecule has 2 saturated heterocycles. The zero-order valence-corrected chi connectivity index (χ0v) is 74.3. The second-order valence-electron chi connectivity index (χ2n) is 34.2. The van der Waals surface area contributed by atoms with Gasteiger partial charge in [0.2, 0.25) is 0 Å². The Kier molecular flexibility index (Phi) is 64.4. The molecule has 3 rings (SSSR count). The highest BCUT2D eigenvalue weighted by atomic mass is 31.2. The minimum Gasteiger partial charge on any atom is -0.463 e. The molecule has 1 aliphatic carbocycles. The van der Waals surface area contributed by atoms with Crippen molar-refractivity contribution in [2.75, 3.05) is 26.4 Å².